The summed E-state index contributed by atoms with van der Waals surface area (Å²) < 4.78 is 27.7. The lowest BCUT2D eigenvalue weighted by Gasteiger charge is -2.36. The van der Waals surface area contributed by atoms with Crippen LogP contribution in [0.25, 0.3) is 0 Å². The van der Waals surface area contributed by atoms with E-state index >= 15 is 0 Å². The summed E-state index contributed by atoms with van der Waals surface area (Å²) in [5, 5.41) is 0. The van der Waals surface area contributed by atoms with Gasteiger partial charge in [-0.05, 0) is 38.3 Å². The van der Waals surface area contributed by atoms with Crippen molar-refractivity contribution in [3.8, 4) is 0 Å². The summed E-state index contributed by atoms with van der Waals surface area (Å²) in [4.78, 5) is 28.8. The van der Waals surface area contributed by atoms with Gasteiger partial charge < -0.3 is 4.90 Å². The van der Waals surface area contributed by atoms with Gasteiger partial charge >= 0.3 is 0 Å². The molecule has 0 radical (unpaired) electrons. The summed E-state index contributed by atoms with van der Waals surface area (Å²) in [5.41, 5.74) is 1.62. The molecule has 0 saturated carbocycles. The number of nitrogens with zero attached hydrogens (tertiary/aromatic N) is 2. The van der Waals surface area contributed by atoms with Gasteiger partial charge in [-0.1, -0.05) is 42.0 Å². The number of aryl methyl sites for hydroxylation is 1. The van der Waals surface area contributed by atoms with Crippen molar-refractivity contribution in [1.82, 2.24) is 9.21 Å². The molecule has 1 aliphatic carbocycles. The van der Waals surface area contributed by atoms with Gasteiger partial charge in [-0.2, -0.15) is 0 Å². The van der Waals surface area contributed by atoms with Crippen LogP contribution in [-0.2, 0) is 10.0 Å². The highest BCUT2D eigenvalue weighted by molar-refractivity contribution is 7.89. The Bertz CT molecular complexity index is 1140. The van der Waals surface area contributed by atoms with Crippen LogP contribution in [0, 0.1) is 6.92 Å². The maximum absolute atomic E-state index is 13.4. The van der Waals surface area contributed by atoms with Gasteiger partial charge in [-0.15, -0.1) is 0 Å². The molecule has 4 rings (SSSR count). The number of allylic oxidation sites excluding steroid dienone is 2. The zero-order chi connectivity index (χ0) is 21.5. The van der Waals surface area contributed by atoms with Gasteiger partial charge in [0.25, 0.3) is 10.0 Å². The lowest BCUT2D eigenvalue weighted by Crippen LogP contribution is -2.42. The molecule has 2 aromatic carbocycles. The Morgan fingerprint density at radius 1 is 0.833 bits per heavy atom. The van der Waals surface area contributed by atoms with E-state index in [1.165, 1.54) is 19.2 Å². The number of likely N-dealkylation sites (N-methyl/N-ethyl adjacent to an activating group) is 1. The van der Waals surface area contributed by atoms with Crippen molar-refractivity contribution in [1.29, 1.82) is 0 Å². The fraction of sp³-hybridized carbons (Fsp3) is 0.304. The van der Waals surface area contributed by atoms with Crippen molar-refractivity contribution >= 4 is 21.6 Å². The molecule has 30 heavy (non-hydrogen) atoms. The van der Waals surface area contributed by atoms with Crippen LogP contribution in [0.5, 0.6) is 0 Å². The number of fused-ring (bicyclic) bond motifs is 1. The second kappa shape index (κ2) is 7.72. The van der Waals surface area contributed by atoms with Crippen LogP contribution in [0.1, 0.15) is 45.5 Å². The summed E-state index contributed by atoms with van der Waals surface area (Å²) in [6, 6.07) is 13.1. The number of sulfonamides is 1. The molecule has 1 saturated heterocycles. The minimum absolute atomic E-state index is 0.0684. The average molecular weight is 425 g/mol. The predicted molar refractivity (Wildman–Crippen MR) is 114 cm³/mol. The number of Topliss-reactive ketones (excluding diaryl/α,β-unsaturated/α-hetero) is 2. The Hall–Kier alpha value is -2.93. The number of piperidine rings is 1. The van der Waals surface area contributed by atoms with Gasteiger partial charge in [-0.3, -0.25) is 13.9 Å². The molecule has 0 amide bonds. The van der Waals surface area contributed by atoms with Crippen molar-refractivity contribution in [2.45, 2.75) is 31.1 Å². The molecule has 6 nitrogen and oxygen atoms in total. The van der Waals surface area contributed by atoms with Gasteiger partial charge in [0.2, 0.25) is 11.6 Å². The van der Waals surface area contributed by atoms with Crippen molar-refractivity contribution in [3.63, 3.8) is 0 Å². The van der Waals surface area contributed by atoms with Crippen LogP contribution >= 0.6 is 0 Å². The Balaban J connectivity index is 1.89. The first kappa shape index (κ1) is 20.3. The molecule has 0 N–H and O–H groups in total. The number of likely N-dealkylation sites (tertiary alicyclic amines) is 1. The average Bonchev–Trinajstić information content (AvgIpc) is 2.76. The molecule has 1 aliphatic heterocycles. The highest BCUT2D eigenvalue weighted by Gasteiger charge is 2.40. The zero-order valence-corrected chi connectivity index (χ0v) is 17.9. The molecule has 1 heterocycles. The van der Waals surface area contributed by atoms with E-state index in [4.69, 9.17) is 0 Å². The Morgan fingerprint density at radius 3 is 2.00 bits per heavy atom. The lowest BCUT2D eigenvalue weighted by atomic mass is 9.89. The first-order chi connectivity index (χ1) is 14.3. The van der Waals surface area contributed by atoms with Crippen LogP contribution in [0.15, 0.2) is 64.8 Å². The fourth-order valence-corrected chi connectivity index (χ4v) is 5.25. The molecule has 0 atom stereocenters. The summed E-state index contributed by atoms with van der Waals surface area (Å²) in [6.45, 7) is 3.12. The van der Waals surface area contributed by atoms with Crippen molar-refractivity contribution in [3.05, 3.63) is 76.6 Å². The molecule has 0 aromatic heterocycles. The van der Waals surface area contributed by atoms with E-state index in [1.807, 2.05) is 11.8 Å². The molecular weight excluding hydrogens is 400 g/mol. The van der Waals surface area contributed by atoms with Gasteiger partial charge in [0.15, 0.2) is 0 Å². The number of carbonyl (C=O) groups excluding carboxylic acids is 2. The van der Waals surface area contributed by atoms with E-state index in [0.717, 1.165) is 29.1 Å². The summed E-state index contributed by atoms with van der Waals surface area (Å²) >= 11 is 0. The highest BCUT2D eigenvalue weighted by atomic mass is 32.2. The van der Waals surface area contributed by atoms with Crippen molar-refractivity contribution in [2.24, 2.45) is 0 Å². The molecule has 1 fully saturated rings. The van der Waals surface area contributed by atoms with E-state index in [-0.39, 0.29) is 27.6 Å². The van der Waals surface area contributed by atoms with Gasteiger partial charge in [0, 0.05) is 31.3 Å². The number of hydrogen-bond donors (Lipinski definition) is 0. The molecule has 7 heteroatoms. The second-order valence-corrected chi connectivity index (χ2v) is 9.70. The third-order valence-electron chi connectivity index (χ3n) is 5.74. The summed E-state index contributed by atoms with van der Waals surface area (Å²) in [7, 11) is -2.66. The molecule has 0 unspecified atom stereocenters. The van der Waals surface area contributed by atoms with E-state index in [2.05, 4.69) is 0 Å². The van der Waals surface area contributed by atoms with E-state index < -0.39 is 15.8 Å². The smallest absolute Gasteiger partial charge is 0.264 e. The van der Waals surface area contributed by atoms with Crippen molar-refractivity contribution < 1.29 is 18.0 Å². The second-order valence-electron chi connectivity index (χ2n) is 7.73. The van der Waals surface area contributed by atoms with Crippen LogP contribution in [0.2, 0.25) is 0 Å². The molecule has 0 spiro atoms. The summed E-state index contributed by atoms with van der Waals surface area (Å²) in [5.74, 6) is -0.739. The fourth-order valence-electron chi connectivity index (χ4n) is 4.04. The number of carbonyl (C=O) groups is 2. The number of rotatable bonds is 4. The minimum atomic E-state index is -4.01. The van der Waals surface area contributed by atoms with Crippen LogP contribution in [0.3, 0.4) is 0 Å². The first-order valence-corrected chi connectivity index (χ1v) is 11.5. The van der Waals surface area contributed by atoms with Gasteiger partial charge in [0.05, 0.1) is 4.90 Å². The maximum atomic E-state index is 13.4. The zero-order valence-electron chi connectivity index (χ0n) is 17.1. The number of benzene rings is 2. The molecular formula is C23H24N2O4S. The van der Waals surface area contributed by atoms with Crippen LogP contribution in [-0.4, -0.2) is 49.3 Å². The summed E-state index contributed by atoms with van der Waals surface area (Å²) in [6.07, 6.45) is 2.85. The number of ketones is 2. The normalized spacial score (nSPS) is 17.2. The molecule has 0 bridgehead atoms. The van der Waals surface area contributed by atoms with Gasteiger partial charge in [0.1, 0.15) is 11.4 Å². The number of hydrogen-bond acceptors (Lipinski definition) is 5. The van der Waals surface area contributed by atoms with Gasteiger partial charge in [-0.25, -0.2) is 8.42 Å². The predicted octanol–water partition coefficient (Wildman–Crippen LogP) is 3.39. The van der Waals surface area contributed by atoms with E-state index in [9.17, 15) is 18.0 Å². The largest absolute Gasteiger partial charge is 0.367 e. The van der Waals surface area contributed by atoms with E-state index in [0.29, 0.717) is 18.7 Å². The lowest BCUT2D eigenvalue weighted by molar-refractivity contribution is 0.0918. The monoisotopic (exact) mass is 424 g/mol. The Kier molecular flexibility index (Phi) is 5.24. The molecule has 156 valence electrons. The molecule has 2 aromatic rings. The third kappa shape index (κ3) is 3.33. The van der Waals surface area contributed by atoms with Crippen molar-refractivity contribution in [2.75, 3.05) is 20.1 Å². The molecule has 2 aliphatic rings. The third-order valence-corrected chi connectivity index (χ3v) is 7.51. The Labute approximate surface area is 176 Å². The quantitative estimate of drug-likeness (QED) is 0.752. The van der Waals surface area contributed by atoms with E-state index in [1.54, 1.807) is 36.4 Å². The van der Waals surface area contributed by atoms with Crippen LogP contribution < -0.4 is 0 Å². The maximum Gasteiger partial charge on any atom is 0.264 e. The first-order valence-electron chi connectivity index (χ1n) is 10.1. The minimum Gasteiger partial charge on any atom is -0.367 e. The SMILES string of the molecule is Cc1ccc(S(=O)(=O)N(C)C2=C(N3CCCCC3)C(=O)c3ccccc3C2=O)cc1. The standard InChI is InChI=1S/C23H24N2O4S/c1-16-10-12-17(13-11-16)30(28,29)24(2)20-21(25-14-6-3-7-15-25)23(27)19-9-5-4-8-18(19)22(20)26/h4-5,8-13H,3,6-7,14-15H2,1-2H3. The topological polar surface area (TPSA) is 74.8 Å². The highest BCUT2D eigenvalue weighted by Crippen LogP contribution is 2.33. The van der Waals surface area contributed by atoms with Crippen LogP contribution in [0.4, 0.5) is 0 Å². The Morgan fingerprint density at radius 2 is 1.40 bits per heavy atom.